The van der Waals surface area contributed by atoms with E-state index in [1.165, 1.54) is 0 Å². The molecule has 0 atom stereocenters. The van der Waals surface area contributed by atoms with Gasteiger partial charge in [0.25, 0.3) is 0 Å². The highest BCUT2D eigenvalue weighted by Crippen LogP contribution is 2.33. The number of benzene rings is 2. The van der Waals surface area contributed by atoms with Gasteiger partial charge in [0.05, 0.1) is 0 Å². The van der Waals surface area contributed by atoms with E-state index in [0.29, 0.717) is 0 Å². The molecular weight excluding hydrogens is 256 g/mol. The molecule has 2 aromatic rings. The average Bonchev–Trinajstić information content (AvgIpc) is 2.46. The van der Waals surface area contributed by atoms with Gasteiger partial charge < -0.3 is 18.9 Å². The lowest BCUT2D eigenvalue weighted by Crippen LogP contribution is -2.02. The second-order valence-corrected chi connectivity index (χ2v) is 4.57. The summed E-state index contributed by atoms with van der Waals surface area (Å²) in [6.07, 6.45) is 0. The highest BCUT2D eigenvalue weighted by atomic mass is 16.7. The van der Waals surface area contributed by atoms with Gasteiger partial charge in [0.15, 0.2) is 13.6 Å². The van der Waals surface area contributed by atoms with Crippen molar-refractivity contribution in [2.24, 2.45) is 0 Å². The number of rotatable bonds is 6. The Labute approximate surface area is 119 Å². The zero-order valence-electron chi connectivity index (χ0n) is 12.4. The van der Waals surface area contributed by atoms with E-state index in [4.69, 9.17) is 18.9 Å². The number of fused-ring (bicyclic) bond motifs is 1. The fourth-order valence-corrected chi connectivity index (χ4v) is 2.22. The lowest BCUT2D eigenvalue weighted by atomic mass is 10.00. The van der Waals surface area contributed by atoms with Gasteiger partial charge in [0.1, 0.15) is 11.5 Å². The molecule has 0 aliphatic carbocycles. The molecule has 0 unspecified atom stereocenters. The summed E-state index contributed by atoms with van der Waals surface area (Å²) >= 11 is 0. The van der Waals surface area contributed by atoms with E-state index in [0.717, 1.165) is 33.4 Å². The van der Waals surface area contributed by atoms with Crippen LogP contribution in [0.1, 0.15) is 11.1 Å². The van der Waals surface area contributed by atoms with Crippen LogP contribution in [0, 0.1) is 13.8 Å². The number of ether oxygens (including phenoxy) is 4. The van der Waals surface area contributed by atoms with E-state index >= 15 is 0 Å². The van der Waals surface area contributed by atoms with E-state index in [9.17, 15) is 0 Å². The zero-order chi connectivity index (χ0) is 14.5. The quantitative estimate of drug-likeness (QED) is 0.758. The molecule has 20 heavy (non-hydrogen) atoms. The van der Waals surface area contributed by atoms with E-state index < -0.39 is 0 Å². The predicted octanol–water partition coefficient (Wildman–Crippen LogP) is 3.42. The van der Waals surface area contributed by atoms with Crippen molar-refractivity contribution in [2.45, 2.75) is 13.8 Å². The number of methoxy groups -OCH3 is 2. The zero-order valence-corrected chi connectivity index (χ0v) is 12.4. The van der Waals surface area contributed by atoms with Crippen LogP contribution in [0.2, 0.25) is 0 Å². The van der Waals surface area contributed by atoms with E-state index in [2.05, 4.69) is 0 Å². The van der Waals surface area contributed by atoms with Gasteiger partial charge in [-0.05, 0) is 47.9 Å². The molecule has 0 heterocycles. The number of aryl methyl sites for hydroxylation is 2. The van der Waals surface area contributed by atoms with Crippen molar-refractivity contribution in [3.05, 3.63) is 35.4 Å². The first kappa shape index (κ1) is 14.6. The summed E-state index contributed by atoms with van der Waals surface area (Å²) < 4.78 is 21.0. The van der Waals surface area contributed by atoms with E-state index in [1.54, 1.807) is 14.2 Å². The highest BCUT2D eigenvalue weighted by Gasteiger charge is 2.10. The summed E-state index contributed by atoms with van der Waals surface area (Å²) in [5.41, 5.74) is 2.20. The maximum Gasteiger partial charge on any atom is 0.188 e. The first-order valence-electron chi connectivity index (χ1n) is 6.45. The van der Waals surface area contributed by atoms with Crippen molar-refractivity contribution in [3.63, 3.8) is 0 Å². The molecular formula is C16H20O4. The van der Waals surface area contributed by atoms with Crippen LogP contribution in [0.15, 0.2) is 24.3 Å². The van der Waals surface area contributed by atoms with Crippen molar-refractivity contribution >= 4 is 10.8 Å². The van der Waals surface area contributed by atoms with Gasteiger partial charge in [-0.25, -0.2) is 0 Å². The van der Waals surface area contributed by atoms with Crippen LogP contribution in [0.25, 0.3) is 10.8 Å². The van der Waals surface area contributed by atoms with Crippen LogP contribution in [-0.4, -0.2) is 27.8 Å². The molecule has 0 amide bonds. The molecule has 0 radical (unpaired) electrons. The second kappa shape index (κ2) is 6.59. The Morgan fingerprint density at radius 2 is 1.10 bits per heavy atom. The molecule has 2 rings (SSSR count). The summed E-state index contributed by atoms with van der Waals surface area (Å²) in [6, 6.07) is 8.01. The molecule has 0 aromatic heterocycles. The Hall–Kier alpha value is -1.78. The Morgan fingerprint density at radius 3 is 1.45 bits per heavy atom. The fraction of sp³-hybridized carbons (Fsp3) is 0.375. The van der Waals surface area contributed by atoms with Crippen molar-refractivity contribution in [1.82, 2.24) is 0 Å². The molecule has 0 saturated carbocycles. The molecule has 0 aliphatic heterocycles. The SMILES string of the molecule is COCOc1ccc2c(C)c(OCOC)ccc2c1C. The van der Waals surface area contributed by atoms with Crippen LogP contribution in [0.5, 0.6) is 11.5 Å². The molecule has 108 valence electrons. The van der Waals surface area contributed by atoms with Gasteiger partial charge in [-0.15, -0.1) is 0 Å². The molecule has 0 saturated heterocycles. The molecule has 4 heteroatoms. The third kappa shape index (κ3) is 2.86. The summed E-state index contributed by atoms with van der Waals surface area (Å²) in [4.78, 5) is 0. The monoisotopic (exact) mass is 276 g/mol. The Morgan fingerprint density at radius 1 is 0.700 bits per heavy atom. The average molecular weight is 276 g/mol. The first-order chi connectivity index (χ1) is 9.69. The van der Waals surface area contributed by atoms with Gasteiger partial charge in [-0.2, -0.15) is 0 Å². The third-order valence-electron chi connectivity index (χ3n) is 3.30. The smallest absolute Gasteiger partial charge is 0.188 e. The van der Waals surface area contributed by atoms with Crippen LogP contribution in [0.3, 0.4) is 0 Å². The van der Waals surface area contributed by atoms with Gasteiger partial charge in [-0.1, -0.05) is 12.1 Å². The fourth-order valence-electron chi connectivity index (χ4n) is 2.22. The summed E-state index contributed by atoms with van der Waals surface area (Å²) in [7, 11) is 3.22. The molecule has 0 N–H and O–H groups in total. The lowest BCUT2D eigenvalue weighted by molar-refractivity contribution is 0.0503. The predicted molar refractivity (Wildman–Crippen MR) is 78.4 cm³/mol. The van der Waals surface area contributed by atoms with E-state index in [1.807, 2.05) is 38.1 Å². The van der Waals surface area contributed by atoms with Crippen LogP contribution >= 0.6 is 0 Å². The van der Waals surface area contributed by atoms with Crippen LogP contribution < -0.4 is 9.47 Å². The maximum atomic E-state index is 5.56. The van der Waals surface area contributed by atoms with Crippen LogP contribution in [-0.2, 0) is 9.47 Å². The normalized spacial score (nSPS) is 10.8. The maximum absolute atomic E-state index is 5.56. The molecule has 0 bridgehead atoms. The number of hydrogen-bond donors (Lipinski definition) is 0. The van der Waals surface area contributed by atoms with Gasteiger partial charge >= 0.3 is 0 Å². The largest absolute Gasteiger partial charge is 0.467 e. The Kier molecular flexibility index (Phi) is 4.82. The molecule has 0 spiro atoms. The minimum absolute atomic E-state index is 0.250. The molecule has 2 aromatic carbocycles. The van der Waals surface area contributed by atoms with Crippen molar-refractivity contribution in [1.29, 1.82) is 0 Å². The molecule has 4 nitrogen and oxygen atoms in total. The van der Waals surface area contributed by atoms with E-state index in [-0.39, 0.29) is 13.6 Å². The third-order valence-corrected chi connectivity index (χ3v) is 3.30. The van der Waals surface area contributed by atoms with Gasteiger partial charge in [0, 0.05) is 14.2 Å². The van der Waals surface area contributed by atoms with Gasteiger partial charge in [0.2, 0.25) is 0 Å². The standard InChI is InChI=1S/C16H20O4/c1-11-13-5-8-16(20-10-18-4)12(2)14(13)6-7-15(11)19-9-17-3/h5-8H,9-10H2,1-4H3. The lowest BCUT2D eigenvalue weighted by Gasteiger charge is -2.14. The Balaban J connectivity index is 2.42. The Bertz CT molecular complexity index is 539. The van der Waals surface area contributed by atoms with Gasteiger partial charge in [-0.3, -0.25) is 0 Å². The van der Waals surface area contributed by atoms with Crippen molar-refractivity contribution < 1.29 is 18.9 Å². The molecule has 0 fully saturated rings. The summed E-state index contributed by atoms with van der Waals surface area (Å²) in [5.74, 6) is 1.67. The minimum atomic E-state index is 0.250. The molecule has 0 aliphatic rings. The van der Waals surface area contributed by atoms with Crippen molar-refractivity contribution in [3.8, 4) is 11.5 Å². The van der Waals surface area contributed by atoms with Crippen LogP contribution in [0.4, 0.5) is 0 Å². The topological polar surface area (TPSA) is 36.9 Å². The second-order valence-electron chi connectivity index (χ2n) is 4.57. The summed E-state index contributed by atoms with van der Waals surface area (Å²) in [6.45, 7) is 4.59. The van der Waals surface area contributed by atoms with Crippen molar-refractivity contribution in [2.75, 3.05) is 27.8 Å². The summed E-state index contributed by atoms with van der Waals surface area (Å²) in [5, 5.41) is 2.31. The first-order valence-corrected chi connectivity index (χ1v) is 6.45. The minimum Gasteiger partial charge on any atom is -0.467 e. The highest BCUT2D eigenvalue weighted by molar-refractivity contribution is 5.91. The number of hydrogen-bond acceptors (Lipinski definition) is 4.